The third-order valence-corrected chi connectivity index (χ3v) is 17.0. The van der Waals surface area contributed by atoms with Gasteiger partial charge in [0.05, 0.1) is 71.6 Å². The van der Waals surface area contributed by atoms with Crippen LogP contribution in [0, 0.1) is 0 Å². The SMILES string of the molecule is [2H]C([2H])(Oc1cccc2c1CN(C1([2H])C(=O)NC(=O)C([2H])([2H])C1([2H])[2H])C2=O)c1ccc(CN2CCOCC2)cc1.[2H]C([2H])(Oc1cccc2c1CN([C@@]1([2H])C(=O)NC(=O)C([2H])([2H])C1([2H])[2H])C2=O)c1ccc(CN2CCOCC2)cc1.[2H]C([2H])(Oc1cccc2c1CN([C@]1([2H])C(=O)NC(=O)C([2H])([2H])C1([2H])[2H])C2=O)c1ccc(CN2CCOCC2)cc1. The zero-order valence-electron chi connectivity index (χ0n) is 74.2. The molecule has 0 aliphatic carbocycles. The van der Waals surface area contributed by atoms with Gasteiger partial charge in [0.25, 0.3) is 17.7 Å². The fraction of sp³-hybridized carbons (Fsp3) is 0.400. The molecule has 1 unspecified atom stereocenters. The smallest absolute Gasteiger partial charge is 0.255 e. The van der Waals surface area contributed by atoms with Gasteiger partial charge in [-0.2, -0.15) is 0 Å². The van der Waals surface area contributed by atoms with E-state index in [-0.39, 0.29) is 67.3 Å². The fourth-order valence-electron chi connectivity index (χ4n) is 11.8. The molecule has 24 nitrogen and oxygen atoms in total. The van der Waals surface area contributed by atoms with Crippen LogP contribution in [-0.2, 0) is 102 Å². The van der Waals surface area contributed by atoms with E-state index in [1.807, 2.05) is 0 Å². The molecule has 24 heteroatoms. The molecule has 0 saturated carbocycles. The van der Waals surface area contributed by atoms with E-state index in [0.717, 1.165) is 56.0 Å². The predicted molar refractivity (Wildman–Crippen MR) is 358 cm³/mol. The second kappa shape index (κ2) is 31.4. The molecule has 9 heterocycles. The van der Waals surface area contributed by atoms with Crippen LogP contribution in [0.4, 0.5) is 0 Å². The largest absolute Gasteiger partial charge is 0.489 e. The zero-order chi connectivity index (χ0) is 87.3. The monoisotopic (exact) mass is 1370 g/mol. The van der Waals surface area contributed by atoms with Crippen molar-refractivity contribution in [3.05, 3.63) is 194 Å². The predicted octanol–water partition coefficient (Wildman–Crippen LogP) is 5.58. The standard InChI is InChI=1S/3C25H27N3O5/c3*29-23-9-8-21(24(30)26-23)28-15-20-19(25(28)31)2-1-3-22(20)33-16-18-6-4-17(5-7-18)14-27-10-12-32-13-11-27/h3*1-7,21H,8-16H2,(H,26,29,30)/t2*21-;/m10./s1/i3*8D2,9D2,16D2,21D. The summed E-state index contributed by atoms with van der Waals surface area (Å²) >= 11 is 0. The van der Waals surface area contributed by atoms with E-state index in [2.05, 4.69) is 14.7 Å². The lowest BCUT2D eigenvalue weighted by molar-refractivity contribution is -0.138. The maximum Gasteiger partial charge on any atom is 0.255 e. The van der Waals surface area contributed by atoms with Crippen molar-refractivity contribution in [1.82, 2.24) is 45.3 Å². The molecular formula is C75H81N9O15. The van der Waals surface area contributed by atoms with Gasteiger partial charge in [-0.3, -0.25) is 73.8 Å². The number of fused-ring (bicyclic) bond motifs is 3. The second-order valence-electron chi connectivity index (χ2n) is 23.5. The lowest BCUT2D eigenvalue weighted by Gasteiger charge is -2.29. The summed E-state index contributed by atoms with van der Waals surface area (Å²) in [5, 5.41) is 5.01. The average molecular weight is 1370 g/mol. The van der Waals surface area contributed by atoms with Crippen molar-refractivity contribution in [3.8, 4) is 17.2 Å². The fourth-order valence-corrected chi connectivity index (χ4v) is 11.8. The van der Waals surface area contributed by atoms with Crippen LogP contribution in [0.25, 0.3) is 0 Å². The van der Waals surface area contributed by atoms with E-state index in [0.29, 0.717) is 74.0 Å². The van der Waals surface area contributed by atoms with Gasteiger partial charge in [-0.1, -0.05) is 91.0 Å². The molecule has 0 bridgehead atoms. The van der Waals surface area contributed by atoms with Crippen LogP contribution in [0.3, 0.4) is 0 Å². The van der Waals surface area contributed by atoms with Crippen molar-refractivity contribution >= 4 is 53.2 Å². The van der Waals surface area contributed by atoms with E-state index in [9.17, 15) is 43.2 Å². The Bertz CT molecular complexity index is 4590. The molecule has 3 N–H and O–H groups in total. The van der Waals surface area contributed by atoms with E-state index in [1.165, 1.54) is 54.6 Å². The van der Waals surface area contributed by atoms with Gasteiger partial charge in [-0.05, 0) is 88.9 Å². The Morgan fingerprint density at radius 3 is 0.889 bits per heavy atom. The van der Waals surface area contributed by atoms with Crippen molar-refractivity contribution in [2.24, 2.45) is 0 Å². The normalized spacial score (nSPS) is 30.0. The van der Waals surface area contributed by atoms with Crippen molar-refractivity contribution in [2.75, 3.05) is 78.9 Å². The molecule has 15 rings (SSSR count). The van der Waals surface area contributed by atoms with Gasteiger partial charge in [0.2, 0.25) is 35.4 Å². The number of hydrogen-bond acceptors (Lipinski definition) is 18. The first-order valence-corrected chi connectivity index (χ1v) is 31.7. The summed E-state index contributed by atoms with van der Waals surface area (Å²) in [7, 11) is 0. The Labute approximate surface area is 603 Å². The van der Waals surface area contributed by atoms with E-state index in [4.69, 9.17) is 57.2 Å². The molecule has 0 aromatic heterocycles. The maximum atomic E-state index is 13.3. The summed E-state index contributed by atoms with van der Waals surface area (Å²) in [6, 6.07) is 23.6. The molecule has 3 atom stereocenters. The van der Waals surface area contributed by atoms with Crippen molar-refractivity contribution < 1.29 is 100 Å². The summed E-state index contributed by atoms with van der Waals surface area (Å²) in [6.07, 6.45) is -20.1. The number of hydrogen-bond donors (Lipinski definition) is 3. The highest BCUT2D eigenvalue weighted by Gasteiger charge is 2.43. The van der Waals surface area contributed by atoms with E-state index < -0.39 is 149 Å². The molecule has 0 radical (unpaired) electrons. The van der Waals surface area contributed by atoms with Gasteiger partial charge in [0.15, 0.2) is 0 Å². The first kappa shape index (κ1) is 46.6. The first-order chi connectivity index (χ1) is 56.1. The quantitative estimate of drug-likeness (QED) is 0.0887. The lowest BCUT2D eigenvalue weighted by Crippen LogP contribution is -2.52. The number of imide groups is 3. The molecule has 516 valence electrons. The van der Waals surface area contributed by atoms with Gasteiger partial charge in [0.1, 0.15) is 55.0 Å². The van der Waals surface area contributed by atoms with Gasteiger partial charge >= 0.3 is 0 Å². The molecule has 9 aliphatic heterocycles. The van der Waals surface area contributed by atoms with Crippen molar-refractivity contribution in [2.45, 2.75) is 115 Å². The summed E-state index contributed by atoms with van der Waals surface area (Å²) < 4.78 is 208. The molecule has 6 fully saturated rings. The highest BCUT2D eigenvalue weighted by Crippen LogP contribution is 2.37. The summed E-state index contributed by atoms with van der Waals surface area (Å²) in [5.74, 6) is -12.1. The number of rotatable bonds is 18. The summed E-state index contributed by atoms with van der Waals surface area (Å²) in [4.78, 5) is 122. The van der Waals surface area contributed by atoms with Crippen molar-refractivity contribution in [1.29, 1.82) is 0 Å². The van der Waals surface area contributed by atoms with Crippen LogP contribution >= 0.6 is 0 Å². The van der Waals surface area contributed by atoms with Gasteiger partial charge in [0, 0.05) is 128 Å². The Morgan fingerprint density at radius 2 is 0.626 bits per heavy atom. The molecule has 6 saturated heterocycles. The molecule has 9 amide bonds. The molecule has 99 heavy (non-hydrogen) atoms. The number of piperidine rings is 3. The van der Waals surface area contributed by atoms with Crippen LogP contribution in [0.5, 0.6) is 17.2 Å². The zero-order valence-corrected chi connectivity index (χ0v) is 53.2. The van der Waals surface area contributed by atoms with Gasteiger partial charge in [-0.15, -0.1) is 0 Å². The molecule has 0 spiro atoms. The topological polar surface area (TPSA) is 265 Å². The number of nitrogens with one attached hydrogen (secondary N) is 3. The minimum absolute atomic E-state index is 0.0538. The third-order valence-electron chi connectivity index (χ3n) is 17.0. The van der Waals surface area contributed by atoms with Gasteiger partial charge in [-0.25, -0.2) is 0 Å². The lowest BCUT2D eigenvalue weighted by atomic mass is 10.0. The average Bonchev–Trinajstić information content (AvgIpc) is 1.36. The Morgan fingerprint density at radius 1 is 0.374 bits per heavy atom. The summed E-state index contributed by atoms with van der Waals surface area (Å²) in [6.45, 7) is 2.26. The van der Waals surface area contributed by atoms with Gasteiger partial charge < -0.3 is 43.1 Å². The third kappa shape index (κ3) is 16.4. The highest BCUT2D eigenvalue weighted by molar-refractivity contribution is 6.08. The number of carbonyl (C=O) groups is 9. The molecule has 9 aliphatic rings. The number of carbonyl (C=O) groups excluding carboxylic acids is 9. The number of benzene rings is 6. The summed E-state index contributed by atoms with van der Waals surface area (Å²) in [5.41, 5.74) is 3.75. The number of nitrogens with zero attached hydrogens (tertiary/aromatic N) is 6. The Hall–Kier alpha value is -9.69. The number of amides is 9. The van der Waals surface area contributed by atoms with Crippen LogP contribution < -0.4 is 30.2 Å². The molecule has 6 aromatic carbocycles. The van der Waals surface area contributed by atoms with Crippen LogP contribution in [0.15, 0.2) is 127 Å². The molecular weight excluding hydrogens is 1270 g/mol. The number of ether oxygens (including phenoxy) is 6. The van der Waals surface area contributed by atoms with Crippen LogP contribution in [0.1, 0.15) is 148 Å². The minimum Gasteiger partial charge on any atom is -0.489 e. The van der Waals surface area contributed by atoms with E-state index >= 15 is 0 Å². The van der Waals surface area contributed by atoms with E-state index in [1.54, 1.807) is 88.7 Å². The van der Waals surface area contributed by atoms with Crippen LogP contribution in [-0.4, -0.2) is 180 Å². The van der Waals surface area contributed by atoms with Crippen molar-refractivity contribution in [3.63, 3.8) is 0 Å². The minimum atomic E-state index is -3.41. The first-order valence-electron chi connectivity index (χ1n) is 42.2. The number of morpholine rings is 3. The Balaban J connectivity index is 0.000000156. The second-order valence-corrected chi connectivity index (χ2v) is 23.5. The molecule has 6 aromatic rings. The maximum absolute atomic E-state index is 13.3. The highest BCUT2D eigenvalue weighted by atomic mass is 16.5. The van der Waals surface area contributed by atoms with Crippen LogP contribution in [0.2, 0.25) is 0 Å². The Kier molecular flexibility index (Phi) is 14.8.